The van der Waals surface area contributed by atoms with Crippen molar-refractivity contribution in [3.8, 4) is 0 Å². The highest BCUT2D eigenvalue weighted by Crippen LogP contribution is 2.16. The fourth-order valence-electron chi connectivity index (χ4n) is 4.42. The van der Waals surface area contributed by atoms with Crippen LogP contribution in [0.1, 0.15) is 113 Å². The summed E-state index contributed by atoms with van der Waals surface area (Å²) in [6.45, 7) is 3.18. The van der Waals surface area contributed by atoms with Crippen LogP contribution in [0.3, 0.4) is 0 Å². The quantitative estimate of drug-likeness (QED) is 0.252. The van der Waals surface area contributed by atoms with Gasteiger partial charge in [0, 0.05) is 37.5 Å². The Hall–Kier alpha value is -1.55. The van der Waals surface area contributed by atoms with Gasteiger partial charge in [-0.1, -0.05) is 77.0 Å². The lowest BCUT2D eigenvalue weighted by Gasteiger charge is -2.15. The van der Waals surface area contributed by atoms with E-state index in [9.17, 15) is 4.79 Å². The average Bonchev–Trinajstić information content (AvgIpc) is 3.34. The lowest BCUT2D eigenvalue weighted by molar-refractivity contribution is 0.0793. The van der Waals surface area contributed by atoms with Gasteiger partial charge in [-0.3, -0.25) is 4.79 Å². The standard InChI is InChI=1S/C27H46N2O2/c30-24-16-12-10-8-6-4-2-1-3-5-7-9-11-13-21-28-26-19-17-25(18-20-26)27(31)29-22-14-15-23-29/h17-20,28,30H,1-16,21-24H2. The van der Waals surface area contributed by atoms with Crippen LogP contribution < -0.4 is 5.32 Å². The highest BCUT2D eigenvalue weighted by Gasteiger charge is 2.18. The summed E-state index contributed by atoms with van der Waals surface area (Å²) in [5.74, 6) is 0.179. The Labute approximate surface area is 190 Å². The van der Waals surface area contributed by atoms with E-state index in [0.717, 1.165) is 50.1 Å². The van der Waals surface area contributed by atoms with E-state index in [0.29, 0.717) is 6.61 Å². The molecule has 1 saturated heterocycles. The van der Waals surface area contributed by atoms with Crippen LogP contribution in [0.25, 0.3) is 0 Å². The second-order valence-corrected chi connectivity index (χ2v) is 9.18. The number of nitrogens with zero attached hydrogens (tertiary/aromatic N) is 1. The molecule has 1 heterocycles. The van der Waals surface area contributed by atoms with Crippen LogP contribution in [-0.4, -0.2) is 42.2 Å². The van der Waals surface area contributed by atoms with Crippen molar-refractivity contribution in [2.24, 2.45) is 0 Å². The van der Waals surface area contributed by atoms with Crippen molar-refractivity contribution in [1.82, 2.24) is 4.90 Å². The first-order valence-corrected chi connectivity index (χ1v) is 13.1. The fourth-order valence-corrected chi connectivity index (χ4v) is 4.42. The van der Waals surface area contributed by atoms with Crippen LogP contribution in [0.4, 0.5) is 5.69 Å². The van der Waals surface area contributed by atoms with Gasteiger partial charge in [-0.15, -0.1) is 0 Å². The Morgan fingerprint density at radius 3 is 1.65 bits per heavy atom. The lowest BCUT2D eigenvalue weighted by Crippen LogP contribution is -2.27. The molecule has 2 rings (SSSR count). The van der Waals surface area contributed by atoms with Crippen molar-refractivity contribution >= 4 is 11.6 Å². The molecule has 0 radical (unpaired) electrons. The van der Waals surface area contributed by atoms with Crippen LogP contribution in [0.15, 0.2) is 24.3 Å². The molecule has 4 nitrogen and oxygen atoms in total. The number of hydrogen-bond donors (Lipinski definition) is 2. The lowest BCUT2D eigenvalue weighted by atomic mass is 10.0. The van der Waals surface area contributed by atoms with Gasteiger partial charge < -0.3 is 15.3 Å². The van der Waals surface area contributed by atoms with E-state index < -0.39 is 0 Å². The zero-order valence-corrected chi connectivity index (χ0v) is 19.8. The van der Waals surface area contributed by atoms with Gasteiger partial charge in [-0.25, -0.2) is 0 Å². The minimum atomic E-state index is 0.179. The molecule has 0 spiro atoms. The summed E-state index contributed by atoms with van der Waals surface area (Å²) in [4.78, 5) is 14.3. The van der Waals surface area contributed by atoms with Gasteiger partial charge in [0.1, 0.15) is 0 Å². The largest absolute Gasteiger partial charge is 0.396 e. The number of aliphatic hydroxyl groups is 1. The maximum Gasteiger partial charge on any atom is 0.253 e. The summed E-state index contributed by atoms with van der Waals surface area (Å²) in [5, 5.41) is 12.2. The molecule has 0 aromatic heterocycles. The molecular formula is C27H46N2O2. The zero-order chi connectivity index (χ0) is 22.0. The summed E-state index contributed by atoms with van der Waals surface area (Å²) in [6, 6.07) is 8.00. The third-order valence-corrected chi connectivity index (χ3v) is 6.44. The number of anilines is 1. The summed E-state index contributed by atoms with van der Waals surface area (Å²) < 4.78 is 0. The van der Waals surface area contributed by atoms with Crippen molar-refractivity contribution < 1.29 is 9.90 Å². The predicted octanol–water partition coefficient (Wildman–Crippen LogP) is 6.79. The zero-order valence-electron chi connectivity index (χ0n) is 19.8. The number of likely N-dealkylation sites (tertiary alicyclic amines) is 1. The predicted molar refractivity (Wildman–Crippen MR) is 132 cm³/mol. The number of unbranched alkanes of at least 4 members (excludes halogenated alkanes) is 13. The van der Waals surface area contributed by atoms with Gasteiger partial charge in [0.05, 0.1) is 0 Å². The Kier molecular flexibility index (Phi) is 14.1. The molecule has 1 aliphatic heterocycles. The van der Waals surface area contributed by atoms with Crippen LogP contribution in [0.5, 0.6) is 0 Å². The van der Waals surface area contributed by atoms with Gasteiger partial charge in [0.2, 0.25) is 0 Å². The molecule has 1 fully saturated rings. The first-order valence-electron chi connectivity index (χ1n) is 13.1. The van der Waals surface area contributed by atoms with Crippen LogP contribution in [0, 0.1) is 0 Å². The molecule has 1 aromatic carbocycles. The monoisotopic (exact) mass is 430 g/mol. The third kappa shape index (κ3) is 11.6. The van der Waals surface area contributed by atoms with Gasteiger partial charge in [0.15, 0.2) is 0 Å². The van der Waals surface area contributed by atoms with Crippen molar-refractivity contribution in [1.29, 1.82) is 0 Å². The summed E-state index contributed by atoms with van der Waals surface area (Å²) in [6.07, 6.45) is 20.6. The van der Waals surface area contributed by atoms with E-state index in [4.69, 9.17) is 5.11 Å². The minimum Gasteiger partial charge on any atom is -0.396 e. The summed E-state index contributed by atoms with van der Waals surface area (Å²) in [7, 11) is 0. The topological polar surface area (TPSA) is 52.6 Å². The Bertz CT molecular complexity index is 567. The normalized spacial score (nSPS) is 13.6. The van der Waals surface area contributed by atoms with Crippen LogP contribution in [0.2, 0.25) is 0 Å². The molecule has 1 aromatic rings. The van der Waals surface area contributed by atoms with E-state index in [1.165, 1.54) is 83.5 Å². The van der Waals surface area contributed by atoms with Gasteiger partial charge in [-0.05, 0) is 49.9 Å². The maximum absolute atomic E-state index is 12.4. The van der Waals surface area contributed by atoms with E-state index in [1.807, 2.05) is 29.2 Å². The number of carbonyl (C=O) groups is 1. The van der Waals surface area contributed by atoms with Gasteiger partial charge in [0.25, 0.3) is 5.91 Å². The smallest absolute Gasteiger partial charge is 0.253 e. The Morgan fingerprint density at radius 2 is 1.16 bits per heavy atom. The SMILES string of the molecule is O=C(c1ccc(NCCCCCCCCCCCCCCCCO)cc1)N1CCCC1. The first-order chi connectivity index (χ1) is 15.3. The fraction of sp³-hybridized carbons (Fsp3) is 0.741. The molecule has 0 saturated carbocycles. The number of benzene rings is 1. The van der Waals surface area contributed by atoms with E-state index in [-0.39, 0.29) is 5.91 Å². The van der Waals surface area contributed by atoms with Crippen molar-refractivity contribution in [3.63, 3.8) is 0 Å². The molecule has 0 unspecified atom stereocenters. The molecule has 4 heteroatoms. The Morgan fingerprint density at radius 1 is 0.710 bits per heavy atom. The number of amides is 1. The highest BCUT2D eigenvalue weighted by molar-refractivity contribution is 5.94. The molecule has 0 aliphatic carbocycles. The second-order valence-electron chi connectivity index (χ2n) is 9.18. The molecule has 1 aliphatic rings. The van der Waals surface area contributed by atoms with Crippen molar-refractivity contribution in [2.45, 2.75) is 103 Å². The highest BCUT2D eigenvalue weighted by atomic mass is 16.2. The van der Waals surface area contributed by atoms with Gasteiger partial charge in [-0.2, -0.15) is 0 Å². The number of carbonyl (C=O) groups excluding carboxylic acids is 1. The molecule has 1 amide bonds. The van der Waals surface area contributed by atoms with Crippen molar-refractivity contribution in [2.75, 3.05) is 31.6 Å². The molecular weight excluding hydrogens is 384 g/mol. The molecule has 31 heavy (non-hydrogen) atoms. The molecule has 176 valence electrons. The maximum atomic E-state index is 12.4. The third-order valence-electron chi connectivity index (χ3n) is 6.44. The van der Waals surface area contributed by atoms with Crippen LogP contribution in [-0.2, 0) is 0 Å². The molecule has 0 bridgehead atoms. The van der Waals surface area contributed by atoms with Crippen molar-refractivity contribution in [3.05, 3.63) is 29.8 Å². The number of rotatable bonds is 18. The van der Waals surface area contributed by atoms with Crippen LogP contribution >= 0.6 is 0 Å². The van der Waals surface area contributed by atoms with E-state index in [1.54, 1.807) is 0 Å². The average molecular weight is 431 g/mol. The second kappa shape index (κ2) is 17.1. The minimum absolute atomic E-state index is 0.179. The number of nitrogens with one attached hydrogen (secondary N) is 1. The van der Waals surface area contributed by atoms with E-state index >= 15 is 0 Å². The number of aliphatic hydroxyl groups excluding tert-OH is 1. The first kappa shape index (κ1) is 25.7. The number of hydrogen-bond acceptors (Lipinski definition) is 3. The Balaban J connectivity index is 1.37. The molecule has 0 atom stereocenters. The van der Waals surface area contributed by atoms with E-state index in [2.05, 4.69) is 5.32 Å². The summed E-state index contributed by atoms with van der Waals surface area (Å²) >= 11 is 0. The van der Waals surface area contributed by atoms with Gasteiger partial charge >= 0.3 is 0 Å². The summed E-state index contributed by atoms with van der Waals surface area (Å²) in [5.41, 5.74) is 1.93. The molecule has 2 N–H and O–H groups in total.